The van der Waals surface area contributed by atoms with Gasteiger partial charge in [-0.2, -0.15) is 0 Å². The Bertz CT molecular complexity index is 40.8. The van der Waals surface area contributed by atoms with Gasteiger partial charge in [0, 0.05) is 0 Å². The van der Waals surface area contributed by atoms with Crippen LogP contribution in [-0.4, -0.2) is 8.14 Å². The molecule has 0 unspecified atom stereocenters. The Morgan fingerprint density at radius 3 is 1.67 bits per heavy atom. The van der Waals surface area contributed by atoms with Gasteiger partial charge in [0.25, 0.3) is 8.14 Å². The maximum atomic E-state index is 8.11. The molecule has 0 amide bonds. The molecule has 0 heterocycles. The molecular formula is Cl2N2OSi. The second-order valence-corrected chi connectivity index (χ2v) is 2.01. The Balaban J connectivity index is 0. The van der Waals surface area contributed by atoms with E-state index in [9.17, 15) is 0 Å². The second-order valence-electron chi connectivity index (χ2n) is 0.153. The zero-order chi connectivity index (χ0) is 5.41. The molecule has 3 nitrogen and oxygen atoms in total. The predicted molar refractivity (Wildman–Crippen MR) is 26.3 cm³/mol. The van der Waals surface area contributed by atoms with Gasteiger partial charge in [0.2, 0.25) is 0 Å². The van der Waals surface area contributed by atoms with Gasteiger partial charge in [0.15, 0.2) is 4.91 Å². The third-order valence-electron chi connectivity index (χ3n) is 0. The minimum Gasteiger partial charge on any atom is -0.294 e. The van der Waals surface area contributed by atoms with Crippen LogP contribution in [0.4, 0.5) is 0 Å². The molecule has 0 fully saturated rings. The van der Waals surface area contributed by atoms with E-state index >= 15 is 0 Å². The highest BCUT2D eigenvalue weighted by Crippen LogP contribution is 1.67. The standard InChI is InChI=1S/Cl2Si.N2O/c1-3-2;1-2-3. The van der Waals surface area contributed by atoms with Gasteiger partial charge < -0.3 is 0 Å². The van der Waals surface area contributed by atoms with Crippen molar-refractivity contribution in [1.82, 2.24) is 4.97 Å². The molecule has 34 valence electrons. The number of rotatable bonds is 0. The number of nitroso groups, excluding NO2 is 1. The fourth-order valence-corrected chi connectivity index (χ4v) is 0. The normalized spacial score (nSPS) is 4.33. The molecule has 0 N–H and O–H groups in total. The van der Waals surface area contributed by atoms with Crippen LogP contribution in [0.3, 0.4) is 0 Å². The lowest BCUT2D eigenvalue weighted by Gasteiger charge is -1.36. The van der Waals surface area contributed by atoms with Crippen molar-refractivity contribution in [1.29, 1.82) is 0 Å². The first-order chi connectivity index (χ1) is 2.83. The van der Waals surface area contributed by atoms with Crippen molar-refractivity contribution < 1.29 is 0 Å². The zero-order valence-electron chi connectivity index (χ0n) is 2.56. The molecule has 0 aliphatic rings. The summed E-state index contributed by atoms with van der Waals surface area (Å²) in [5, 5.41) is 0. The maximum Gasteiger partial charge on any atom is 0.295 e. The smallest absolute Gasteiger partial charge is 0.294 e. The molecule has 0 aliphatic carbocycles. The van der Waals surface area contributed by atoms with Gasteiger partial charge in [-0.15, -0.1) is 22.2 Å². The lowest BCUT2D eigenvalue weighted by Crippen LogP contribution is -1.36. The molecule has 0 spiro atoms. The predicted octanol–water partition coefficient (Wildman–Crippen LogP) is 0.840. The van der Waals surface area contributed by atoms with Crippen molar-refractivity contribution in [3.8, 4) is 0 Å². The summed E-state index contributed by atoms with van der Waals surface area (Å²) in [6.07, 6.45) is 0. The first-order valence-corrected chi connectivity index (χ1v) is 3.78. The molecule has 0 aliphatic heterocycles. The van der Waals surface area contributed by atoms with E-state index in [-0.39, 0.29) is 8.14 Å². The fraction of sp³-hybridized carbons (Fsp3) is 0. The van der Waals surface area contributed by atoms with Crippen LogP contribution in [0.2, 0.25) is 0 Å². The van der Waals surface area contributed by atoms with Crippen LogP contribution in [0, 0.1) is 4.91 Å². The Morgan fingerprint density at radius 1 is 1.67 bits per heavy atom. The average molecular weight is 143 g/mol. The van der Waals surface area contributed by atoms with E-state index in [0.29, 0.717) is 0 Å². The van der Waals surface area contributed by atoms with Gasteiger partial charge in [-0.05, 0) is 0 Å². The highest BCUT2D eigenvalue weighted by Gasteiger charge is 1.51. The molecule has 0 saturated carbocycles. The Kier molecular flexibility index (Phi) is 30.5. The number of hydrogen-bond donors (Lipinski definition) is 0. The summed E-state index contributed by atoms with van der Waals surface area (Å²) in [4.78, 5) is 9.36. The molecular weight excluding hydrogens is 143 g/mol. The van der Waals surface area contributed by atoms with Crippen molar-refractivity contribution >= 4 is 30.3 Å². The first kappa shape index (κ1) is 9.44. The zero-order valence-corrected chi connectivity index (χ0v) is 5.07. The van der Waals surface area contributed by atoms with Gasteiger partial charge >= 0.3 is 0 Å². The van der Waals surface area contributed by atoms with E-state index in [1.54, 1.807) is 0 Å². The lowest BCUT2D eigenvalue weighted by molar-refractivity contribution is 1.58. The van der Waals surface area contributed by atoms with E-state index in [2.05, 4.69) is 0 Å². The van der Waals surface area contributed by atoms with Crippen LogP contribution in [0.25, 0.3) is 5.53 Å². The third-order valence-corrected chi connectivity index (χ3v) is 0. The van der Waals surface area contributed by atoms with E-state index in [4.69, 9.17) is 32.6 Å². The fourth-order valence-electron chi connectivity index (χ4n) is 0. The molecule has 0 aromatic rings. The summed E-state index contributed by atoms with van der Waals surface area (Å²) in [5.74, 6) is 0. The van der Waals surface area contributed by atoms with Crippen LogP contribution in [0.1, 0.15) is 0 Å². The molecule has 0 atom stereocenters. The minimum atomic E-state index is 0.0278. The van der Waals surface area contributed by atoms with E-state index < -0.39 is 0 Å². The lowest BCUT2D eigenvalue weighted by atomic mass is 13.2. The van der Waals surface area contributed by atoms with E-state index in [1.165, 1.54) is 4.97 Å². The van der Waals surface area contributed by atoms with Crippen LogP contribution in [0.15, 0.2) is 0 Å². The van der Waals surface area contributed by atoms with Crippen molar-refractivity contribution in [2.24, 2.45) is 0 Å². The summed E-state index contributed by atoms with van der Waals surface area (Å²) < 4.78 is 0. The van der Waals surface area contributed by atoms with Gasteiger partial charge in [0.1, 0.15) is 4.97 Å². The van der Waals surface area contributed by atoms with Crippen LogP contribution < -0.4 is 4.97 Å². The monoisotopic (exact) mass is 142 g/mol. The van der Waals surface area contributed by atoms with Crippen LogP contribution >= 0.6 is 22.2 Å². The summed E-state index contributed by atoms with van der Waals surface area (Å²) in [5.41, 5.74) is 6.64. The number of hydrogen-bond acceptors (Lipinski definition) is 1. The quantitative estimate of drug-likeness (QED) is 0.214. The van der Waals surface area contributed by atoms with E-state index in [1.807, 2.05) is 0 Å². The van der Waals surface area contributed by atoms with Crippen molar-refractivity contribution in [3.05, 3.63) is 10.4 Å². The molecule has 2 radical (unpaired) electrons. The highest BCUT2D eigenvalue weighted by atomic mass is 35.7. The number of halogens is 2. The Morgan fingerprint density at radius 2 is 1.67 bits per heavy atom. The molecule has 0 saturated heterocycles. The molecule has 0 aromatic carbocycles. The van der Waals surface area contributed by atoms with Crippen LogP contribution in [0.5, 0.6) is 0 Å². The van der Waals surface area contributed by atoms with Crippen molar-refractivity contribution in [2.45, 2.75) is 0 Å². The van der Waals surface area contributed by atoms with E-state index in [0.717, 1.165) is 0 Å². The average Bonchev–Trinajstić information content (AvgIpc) is 1.39. The topological polar surface area (TPSA) is 53.5 Å². The highest BCUT2D eigenvalue weighted by molar-refractivity contribution is 7.22. The summed E-state index contributed by atoms with van der Waals surface area (Å²) in [6.45, 7) is 0. The second kappa shape index (κ2) is 19.4. The summed E-state index contributed by atoms with van der Waals surface area (Å²) >= 11 is 9.58. The minimum absolute atomic E-state index is 0.0278. The third kappa shape index (κ3) is 3470. The first-order valence-electron chi connectivity index (χ1n) is 0.761. The van der Waals surface area contributed by atoms with Crippen LogP contribution in [-0.2, 0) is 0 Å². The molecule has 0 aromatic heterocycles. The molecule has 6 heavy (non-hydrogen) atoms. The molecule has 0 rings (SSSR count). The number of nitrogens with zero attached hydrogens (tertiary/aromatic N) is 2. The molecule has 0 bridgehead atoms. The van der Waals surface area contributed by atoms with Crippen molar-refractivity contribution in [2.75, 3.05) is 0 Å². The SMILES string of the molecule is Cl[Si]Cl.[N-]=[N+]=O. The largest absolute Gasteiger partial charge is 0.295 e. The van der Waals surface area contributed by atoms with Gasteiger partial charge in [0.05, 0.1) is 0 Å². The summed E-state index contributed by atoms with van der Waals surface area (Å²) in [6, 6.07) is 0. The Hall–Kier alpha value is 0.107. The summed E-state index contributed by atoms with van der Waals surface area (Å²) in [7, 11) is 0.0278. The maximum absolute atomic E-state index is 8.11. The van der Waals surface area contributed by atoms with Gasteiger partial charge in [-0.3, -0.25) is 5.53 Å². The molecule has 6 heteroatoms. The Labute approximate surface area is 46.4 Å². The van der Waals surface area contributed by atoms with Gasteiger partial charge in [-0.25, -0.2) is 0 Å². The van der Waals surface area contributed by atoms with Gasteiger partial charge in [-0.1, -0.05) is 0 Å². The van der Waals surface area contributed by atoms with Crippen molar-refractivity contribution in [3.63, 3.8) is 0 Å².